The van der Waals surface area contributed by atoms with Crippen molar-refractivity contribution in [2.75, 3.05) is 5.75 Å². The second kappa shape index (κ2) is 8.85. The largest absolute Gasteiger partial charge is 0.349 e. The van der Waals surface area contributed by atoms with Crippen molar-refractivity contribution in [3.05, 3.63) is 57.0 Å². The van der Waals surface area contributed by atoms with Crippen LogP contribution < -0.4 is 10.9 Å². The number of hydrogen-bond donors (Lipinski definition) is 2. The highest BCUT2D eigenvalue weighted by Gasteiger charge is 2.11. The zero-order valence-electron chi connectivity index (χ0n) is 15.2. The van der Waals surface area contributed by atoms with Gasteiger partial charge in [0.25, 0.3) is 5.56 Å². The first kappa shape index (κ1) is 19.2. The van der Waals surface area contributed by atoms with Crippen LogP contribution in [0.5, 0.6) is 0 Å². The van der Waals surface area contributed by atoms with Crippen molar-refractivity contribution in [3.8, 4) is 0 Å². The molecule has 6 heteroatoms. The van der Waals surface area contributed by atoms with Crippen LogP contribution in [0.2, 0.25) is 0 Å². The maximum absolute atomic E-state index is 12.2. The zero-order chi connectivity index (χ0) is 18.4. The van der Waals surface area contributed by atoms with Crippen molar-refractivity contribution in [2.45, 2.75) is 51.7 Å². The number of nitrogens with zero attached hydrogens (tertiary/aromatic N) is 1. The lowest BCUT2D eigenvalue weighted by Crippen LogP contribution is -2.28. The van der Waals surface area contributed by atoms with Crippen LogP contribution in [0.15, 0.2) is 34.2 Å². The van der Waals surface area contributed by atoms with Gasteiger partial charge in [0, 0.05) is 11.8 Å². The summed E-state index contributed by atoms with van der Waals surface area (Å²) < 4.78 is 0. The maximum atomic E-state index is 12.2. The minimum Gasteiger partial charge on any atom is -0.349 e. The number of benzene rings is 1. The second-order valence-corrected chi connectivity index (χ2v) is 7.18. The van der Waals surface area contributed by atoms with Crippen LogP contribution in [0.3, 0.4) is 0 Å². The molecule has 1 unspecified atom stereocenters. The molecule has 0 aliphatic rings. The van der Waals surface area contributed by atoms with E-state index in [2.05, 4.69) is 41.3 Å². The Hall–Kier alpha value is -2.08. The van der Waals surface area contributed by atoms with E-state index in [0.29, 0.717) is 5.16 Å². The zero-order valence-corrected chi connectivity index (χ0v) is 16.0. The predicted molar refractivity (Wildman–Crippen MR) is 102 cm³/mol. The molecule has 0 radical (unpaired) electrons. The van der Waals surface area contributed by atoms with E-state index in [9.17, 15) is 9.59 Å². The number of aryl methyl sites for hydroxylation is 3. The third kappa shape index (κ3) is 5.74. The number of hydrogen-bond acceptors (Lipinski definition) is 4. The van der Waals surface area contributed by atoms with E-state index in [-0.39, 0.29) is 23.3 Å². The Balaban J connectivity index is 1.94. The van der Waals surface area contributed by atoms with E-state index in [1.165, 1.54) is 29.0 Å². The normalized spacial score (nSPS) is 12.0. The molecular weight excluding hydrogens is 334 g/mol. The standard InChI is InChI=1S/C19H25N3O2S/c1-5-6-16-10-17(23)22-19(21-16)25-11-18(24)20-14(4)15-8-7-12(2)13(3)9-15/h7-10,14H,5-6,11H2,1-4H3,(H,20,24)(H,21,22,23). The molecule has 0 saturated heterocycles. The lowest BCUT2D eigenvalue weighted by atomic mass is 10.0. The lowest BCUT2D eigenvalue weighted by molar-refractivity contribution is -0.119. The molecule has 2 N–H and O–H groups in total. The van der Waals surface area contributed by atoms with Crippen molar-refractivity contribution < 1.29 is 4.79 Å². The topological polar surface area (TPSA) is 74.8 Å². The SMILES string of the molecule is CCCc1cc(=O)[nH]c(SCC(=O)NC(C)c2ccc(C)c(C)c2)n1. The minimum atomic E-state index is -0.176. The van der Waals surface area contributed by atoms with Crippen LogP contribution in [-0.2, 0) is 11.2 Å². The van der Waals surface area contributed by atoms with Crippen molar-refractivity contribution >= 4 is 17.7 Å². The van der Waals surface area contributed by atoms with Gasteiger partial charge >= 0.3 is 0 Å². The van der Waals surface area contributed by atoms with Gasteiger partial charge in [-0.3, -0.25) is 9.59 Å². The predicted octanol–water partition coefficient (Wildman–Crippen LogP) is 3.31. The number of rotatable bonds is 7. The molecule has 0 spiro atoms. The van der Waals surface area contributed by atoms with Gasteiger partial charge in [0.1, 0.15) is 0 Å². The lowest BCUT2D eigenvalue weighted by Gasteiger charge is -2.15. The van der Waals surface area contributed by atoms with E-state index < -0.39 is 0 Å². The summed E-state index contributed by atoms with van der Waals surface area (Å²) in [6, 6.07) is 7.64. The molecule has 2 rings (SSSR count). The summed E-state index contributed by atoms with van der Waals surface area (Å²) in [7, 11) is 0. The Morgan fingerprint density at radius 1 is 1.28 bits per heavy atom. The fourth-order valence-corrected chi connectivity index (χ4v) is 3.18. The first-order chi connectivity index (χ1) is 11.9. The van der Waals surface area contributed by atoms with E-state index in [0.717, 1.165) is 24.1 Å². The summed E-state index contributed by atoms with van der Waals surface area (Å²) in [4.78, 5) is 30.9. The molecule has 1 aromatic carbocycles. The second-order valence-electron chi connectivity index (χ2n) is 6.21. The molecule has 1 aromatic heterocycles. The average Bonchev–Trinajstić information content (AvgIpc) is 2.55. The molecular formula is C19H25N3O2S. The van der Waals surface area contributed by atoms with Gasteiger partial charge in [-0.25, -0.2) is 4.98 Å². The number of amides is 1. The van der Waals surface area contributed by atoms with Crippen LogP contribution in [0.4, 0.5) is 0 Å². The summed E-state index contributed by atoms with van der Waals surface area (Å²) in [5.41, 5.74) is 4.11. The van der Waals surface area contributed by atoms with Crippen LogP contribution in [0.25, 0.3) is 0 Å². The molecule has 25 heavy (non-hydrogen) atoms. The summed E-state index contributed by atoms with van der Waals surface area (Å²) in [6.45, 7) is 8.14. The Morgan fingerprint density at radius 2 is 2.04 bits per heavy atom. The van der Waals surface area contributed by atoms with Crippen molar-refractivity contribution in [1.29, 1.82) is 0 Å². The molecule has 0 bridgehead atoms. The first-order valence-corrected chi connectivity index (χ1v) is 9.47. The van der Waals surface area contributed by atoms with E-state index >= 15 is 0 Å². The number of thioether (sulfide) groups is 1. The van der Waals surface area contributed by atoms with Crippen LogP contribution in [0.1, 0.15) is 48.7 Å². The number of nitrogens with one attached hydrogen (secondary N) is 2. The third-order valence-electron chi connectivity index (χ3n) is 4.03. The van der Waals surface area contributed by atoms with Gasteiger partial charge in [-0.2, -0.15) is 0 Å². The molecule has 2 aromatic rings. The van der Waals surface area contributed by atoms with E-state index in [1.807, 2.05) is 19.9 Å². The number of aromatic nitrogens is 2. The number of carbonyl (C=O) groups is 1. The Morgan fingerprint density at radius 3 is 2.72 bits per heavy atom. The summed E-state index contributed by atoms with van der Waals surface area (Å²) in [5.74, 6) is 0.132. The monoisotopic (exact) mass is 359 g/mol. The van der Waals surface area contributed by atoms with Gasteiger partial charge in [-0.05, 0) is 43.9 Å². The van der Waals surface area contributed by atoms with E-state index in [1.54, 1.807) is 0 Å². The highest BCUT2D eigenvalue weighted by atomic mass is 32.2. The average molecular weight is 359 g/mol. The number of H-pyrrole nitrogens is 1. The highest BCUT2D eigenvalue weighted by molar-refractivity contribution is 7.99. The molecule has 0 fully saturated rings. The van der Waals surface area contributed by atoms with Crippen molar-refractivity contribution in [1.82, 2.24) is 15.3 Å². The van der Waals surface area contributed by atoms with E-state index in [4.69, 9.17) is 0 Å². The quantitative estimate of drug-likeness (QED) is 0.587. The molecule has 0 aliphatic carbocycles. The molecule has 0 saturated carbocycles. The summed E-state index contributed by atoms with van der Waals surface area (Å²) in [5, 5.41) is 3.48. The fraction of sp³-hybridized carbons (Fsp3) is 0.421. The molecule has 1 atom stereocenters. The Kier molecular flexibility index (Phi) is 6.82. The van der Waals surface area contributed by atoms with Crippen LogP contribution >= 0.6 is 11.8 Å². The smallest absolute Gasteiger partial charge is 0.251 e. The summed E-state index contributed by atoms with van der Waals surface area (Å²) >= 11 is 1.25. The maximum Gasteiger partial charge on any atom is 0.251 e. The van der Waals surface area contributed by atoms with Crippen LogP contribution in [-0.4, -0.2) is 21.6 Å². The molecule has 1 amide bonds. The third-order valence-corrected chi connectivity index (χ3v) is 4.90. The number of aromatic amines is 1. The molecule has 134 valence electrons. The fourth-order valence-electron chi connectivity index (χ4n) is 2.47. The Labute approximate surface area is 152 Å². The molecule has 1 heterocycles. The van der Waals surface area contributed by atoms with Crippen molar-refractivity contribution in [3.63, 3.8) is 0 Å². The molecule has 0 aliphatic heterocycles. The molecule has 5 nitrogen and oxygen atoms in total. The van der Waals surface area contributed by atoms with Gasteiger partial charge < -0.3 is 10.3 Å². The minimum absolute atomic E-state index is 0.0640. The van der Waals surface area contributed by atoms with Gasteiger partial charge in [-0.1, -0.05) is 43.3 Å². The van der Waals surface area contributed by atoms with Crippen molar-refractivity contribution in [2.24, 2.45) is 0 Å². The van der Waals surface area contributed by atoms with Crippen LogP contribution in [0, 0.1) is 13.8 Å². The number of carbonyl (C=O) groups excluding carboxylic acids is 1. The van der Waals surface area contributed by atoms with Gasteiger partial charge in [-0.15, -0.1) is 0 Å². The van der Waals surface area contributed by atoms with Gasteiger partial charge in [0.05, 0.1) is 11.8 Å². The first-order valence-electron chi connectivity index (χ1n) is 8.48. The van der Waals surface area contributed by atoms with Gasteiger partial charge in [0.15, 0.2) is 5.16 Å². The Bertz CT molecular complexity index is 801. The summed E-state index contributed by atoms with van der Waals surface area (Å²) in [6.07, 6.45) is 1.68. The highest BCUT2D eigenvalue weighted by Crippen LogP contribution is 2.17. The van der Waals surface area contributed by atoms with Gasteiger partial charge in [0.2, 0.25) is 5.91 Å².